The molecule has 0 amide bonds. The molecule has 0 bridgehead atoms. The van der Waals surface area contributed by atoms with Crippen LogP contribution in [0, 0.1) is 4.25 Å². The zero-order chi connectivity index (χ0) is 8.13. The molecule has 2 aliphatic heterocycles. The highest BCUT2D eigenvalue weighted by molar-refractivity contribution is 7.96. The van der Waals surface area contributed by atoms with Crippen molar-refractivity contribution in [2.75, 3.05) is 5.75 Å². The SMILES string of the molecule is O=S1CC=C2P=c3sccc3=C21. The Morgan fingerprint density at radius 2 is 2.50 bits per heavy atom. The Balaban J connectivity index is 2.56. The van der Waals surface area contributed by atoms with Crippen LogP contribution < -0.4 is 5.22 Å². The van der Waals surface area contributed by atoms with Crippen LogP contribution in [-0.4, -0.2) is 9.96 Å². The average molecular weight is 212 g/mol. The first kappa shape index (κ1) is 7.19. The first-order chi connectivity index (χ1) is 5.86. The molecule has 0 aliphatic carbocycles. The van der Waals surface area contributed by atoms with E-state index >= 15 is 0 Å². The van der Waals surface area contributed by atoms with Gasteiger partial charge in [0, 0.05) is 16.3 Å². The highest BCUT2D eigenvalue weighted by Crippen LogP contribution is 2.37. The molecular formula is C8H5OPS2. The Morgan fingerprint density at radius 1 is 1.58 bits per heavy atom. The summed E-state index contributed by atoms with van der Waals surface area (Å²) < 4.78 is 12.9. The maximum atomic E-state index is 11.5. The van der Waals surface area contributed by atoms with Crippen LogP contribution in [0.5, 0.6) is 0 Å². The molecule has 1 atom stereocenters. The lowest BCUT2D eigenvalue weighted by Gasteiger charge is -1.90. The van der Waals surface area contributed by atoms with Crippen molar-refractivity contribution in [1.82, 2.24) is 0 Å². The van der Waals surface area contributed by atoms with Gasteiger partial charge in [0.1, 0.15) is 0 Å². The summed E-state index contributed by atoms with van der Waals surface area (Å²) in [4.78, 5) is 1.10. The van der Waals surface area contributed by atoms with Gasteiger partial charge in [-0.3, -0.25) is 4.21 Å². The van der Waals surface area contributed by atoms with Gasteiger partial charge < -0.3 is 0 Å². The first-order valence-electron chi connectivity index (χ1n) is 3.62. The van der Waals surface area contributed by atoms with E-state index in [2.05, 4.69) is 17.5 Å². The monoisotopic (exact) mass is 212 g/mol. The van der Waals surface area contributed by atoms with Crippen LogP contribution in [0.15, 0.2) is 22.8 Å². The summed E-state index contributed by atoms with van der Waals surface area (Å²) >= 11 is 1.76. The second kappa shape index (κ2) is 2.38. The Bertz CT molecular complexity index is 523. The number of fused-ring (bicyclic) bond motifs is 2. The van der Waals surface area contributed by atoms with Crippen LogP contribution >= 0.6 is 19.5 Å². The number of hydrogen-bond donors (Lipinski definition) is 0. The minimum Gasteiger partial charge on any atom is -0.254 e. The van der Waals surface area contributed by atoms with E-state index in [9.17, 15) is 4.21 Å². The van der Waals surface area contributed by atoms with E-state index in [1.807, 2.05) is 0 Å². The van der Waals surface area contributed by atoms with Crippen molar-refractivity contribution < 1.29 is 4.21 Å². The summed E-state index contributed by atoms with van der Waals surface area (Å²) in [6.07, 6.45) is 2.11. The van der Waals surface area contributed by atoms with E-state index in [-0.39, 0.29) is 0 Å². The predicted octanol–water partition coefficient (Wildman–Crippen LogP) is 1.71. The maximum Gasteiger partial charge on any atom is 0.0631 e. The van der Waals surface area contributed by atoms with E-state index in [1.165, 1.54) is 23.0 Å². The van der Waals surface area contributed by atoms with Crippen LogP contribution in [0.2, 0.25) is 0 Å². The summed E-state index contributed by atoms with van der Waals surface area (Å²) in [7, 11) is 0.526. The molecule has 0 saturated carbocycles. The van der Waals surface area contributed by atoms with Crippen LogP contribution in [0.1, 0.15) is 0 Å². The normalized spacial score (nSPS) is 26.2. The third-order valence-corrected chi connectivity index (χ3v) is 5.91. The number of hydrogen-bond acceptors (Lipinski definition) is 2. The van der Waals surface area contributed by atoms with E-state index in [4.69, 9.17) is 0 Å². The molecule has 1 aromatic rings. The molecule has 2 aliphatic rings. The van der Waals surface area contributed by atoms with Crippen LogP contribution in [0.25, 0.3) is 4.91 Å². The third kappa shape index (κ3) is 0.792. The van der Waals surface area contributed by atoms with Gasteiger partial charge in [0.25, 0.3) is 0 Å². The fourth-order valence-corrected chi connectivity index (χ4v) is 5.65. The summed E-state index contributed by atoms with van der Waals surface area (Å²) in [5.74, 6) is 0.729. The molecule has 0 N–H and O–H groups in total. The molecule has 3 heterocycles. The van der Waals surface area contributed by atoms with Gasteiger partial charge in [-0.25, -0.2) is 0 Å². The van der Waals surface area contributed by atoms with Crippen molar-refractivity contribution in [2.45, 2.75) is 0 Å². The van der Waals surface area contributed by atoms with Crippen LogP contribution in [0.3, 0.4) is 0 Å². The maximum absolute atomic E-state index is 11.5. The number of thiophene rings is 1. The van der Waals surface area contributed by atoms with Gasteiger partial charge in [0.15, 0.2) is 0 Å². The molecule has 3 rings (SSSR count). The molecule has 0 radical (unpaired) electrons. The first-order valence-corrected chi connectivity index (χ1v) is 6.71. The molecule has 12 heavy (non-hydrogen) atoms. The average Bonchev–Trinajstić information content (AvgIpc) is 2.61. The Hall–Kier alpha value is -0.240. The lowest BCUT2D eigenvalue weighted by molar-refractivity contribution is 0.691. The van der Waals surface area contributed by atoms with Crippen molar-refractivity contribution in [3.05, 3.63) is 32.3 Å². The number of rotatable bonds is 0. The van der Waals surface area contributed by atoms with E-state index < -0.39 is 10.8 Å². The summed E-state index contributed by atoms with van der Waals surface area (Å²) in [6, 6.07) is 2.09. The fraction of sp³-hybridized carbons (Fsp3) is 0.125. The van der Waals surface area contributed by atoms with Gasteiger partial charge in [-0.15, -0.1) is 11.3 Å². The fourth-order valence-electron chi connectivity index (χ4n) is 1.47. The summed E-state index contributed by atoms with van der Waals surface area (Å²) in [6.45, 7) is 0. The van der Waals surface area contributed by atoms with Gasteiger partial charge in [-0.2, -0.15) is 0 Å². The lowest BCUT2D eigenvalue weighted by atomic mass is 10.4. The Kier molecular flexibility index (Phi) is 1.43. The van der Waals surface area contributed by atoms with Crippen LogP contribution in [0.4, 0.5) is 0 Å². The van der Waals surface area contributed by atoms with E-state index in [0.29, 0.717) is 0 Å². The molecule has 1 unspecified atom stereocenters. The third-order valence-electron chi connectivity index (χ3n) is 2.00. The van der Waals surface area contributed by atoms with E-state index in [0.717, 1.165) is 10.7 Å². The molecule has 1 aromatic heterocycles. The molecule has 1 nitrogen and oxygen atoms in total. The molecule has 60 valence electrons. The van der Waals surface area contributed by atoms with Gasteiger partial charge in [0.2, 0.25) is 0 Å². The second-order valence-corrected chi connectivity index (χ2v) is 6.49. The molecule has 0 aromatic carbocycles. The topological polar surface area (TPSA) is 17.1 Å². The predicted molar refractivity (Wildman–Crippen MR) is 54.2 cm³/mol. The second-order valence-electron chi connectivity index (χ2n) is 2.68. The van der Waals surface area contributed by atoms with Gasteiger partial charge in [0.05, 0.1) is 20.0 Å². The zero-order valence-electron chi connectivity index (χ0n) is 6.11. The van der Waals surface area contributed by atoms with Crippen molar-refractivity contribution >= 4 is 35.2 Å². The Labute approximate surface area is 77.7 Å². The lowest BCUT2D eigenvalue weighted by Crippen LogP contribution is -2.02. The molecule has 0 saturated heterocycles. The van der Waals surface area contributed by atoms with Gasteiger partial charge in [-0.05, 0) is 19.7 Å². The van der Waals surface area contributed by atoms with Crippen molar-refractivity contribution in [1.29, 1.82) is 0 Å². The van der Waals surface area contributed by atoms with Crippen molar-refractivity contribution in [3.8, 4) is 0 Å². The summed E-state index contributed by atoms with van der Waals surface area (Å²) in [5, 5.41) is 4.61. The molecule has 4 heteroatoms. The summed E-state index contributed by atoms with van der Waals surface area (Å²) in [5.41, 5.74) is 0. The highest BCUT2D eigenvalue weighted by Gasteiger charge is 2.22. The smallest absolute Gasteiger partial charge is 0.0631 e. The standard InChI is InChI=1S/C8H5OPS2/c9-12-4-2-6-7(12)5-1-3-11-8(5)10-6/h1-3H,4H2. The van der Waals surface area contributed by atoms with Crippen molar-refractivity contribution in [3.63, 3.8) is 0 Å². The minimum absolute atomic E-state index is 0.729. The Morgan fingerprint density at radius 3 is 3.42 bits per heavy atom. The van der Waals surface area contributed by atoms with E-state index in [1.54, 1.807) is 11.3 Å². The quantitative estimate of drug-likeness (QED) is 0.598. The van der Waals surface area contributed by atoms with Crippen LogP contribution in [-0.2, 0) is 10.8 Å². The molecule has 0 spiro atoms. The minimum atomic E-state index is -0.744. The van der Waals surface area contributed by atoms with Gasteiger partial charge >= 0.3 is 0 Å². The molecule has 0 fully saturated rings. The van der Waals surface area contributed by atoms with Crippen molar-refractivity contribution in [2.24, 2.45) is 0 Å². The van der Waals surface area contributed by atoms with Gasteiger partial charge in [-0.1, -0.05) is 6.08 Å². The molecular weight excluding hydrogens is 207 g/mol. The highest BCUT2D eigenvalue weighted by atomic mass is 32.2. The largest absolute Gasteiger partial charge is 0.254 e. The zero-order valence-corrected chi connectivity index (χ0v) is 8.64.